The molecule has 0 radical (unpaired) electrons. The molecule has 2 amide bonds. The first-order valence-corrected chi connectivity index (χ1v) is 8.89. The first-order chi connectivity index (χ1) is 13.9. The minimum Gasteiger partial charge on any atom is -0.493 e. The number of terminal acetylenes is 1. The molecule has 1 fully saturated rings. The molecule has 0 unspecified atom stereocenters. The van der Waals surface area contributed by atoms with Crippen molar-refractivity contribution in [3.63, 3.8) is 0 Å². The molecule has 0 N–H and O–H groups in total. The number of amides is 2. The van der Waals surface area contributed by atoms with E-state index in [4.69, 9.17) is 15.9 Å². The summed E-state index contributed by atoms with van der Waals surface area (Å²) < 4.78 is 10.9. The van der Waals surface area contributed by atoms with Crippen LogP contribution in [0.1, 0.15) is 5.56 Å². The van der Waals surface area contributed by atoms with E-state index in [2.05, 4.69) is 10.9 Å². The van der Waals surface area contributed by atoms with E-state index in [1.54, 1.807) is 24.3 Å². The predicted molar refractivity (Wildman–Crippen MR) is 105 cm³/mol. The van der Waals surface area contributed by atoms with Gasteiger partial charge in [0, 0.05) is 12.1 Å². The van der Waals surface area contributed by atoms with E-state index in [1.807, 2.05) is 0 Å². The van der Waals surface area contributed by atoms with Gasteiger partial charge in [-0.2, -0.15) is 0 Å². The third kappa shape index (κ3) is 4.36. The average Bonchev–Trinajstić information content (AvgIpc) is 2.97. The fraction of sp³-hybridized carbons (Fsp3) is 0.105. The van der Waals surface area contributed by atoms with Crippen molar-refractivity contribution in [1.82, 2.24) is 9.88 Å². The van der Waals surface area contributed by atoms with Crippen molar-refractivity contribution in [2.24, 2.45) is 0 Å². The SMILES string of the molecule is C#CCN1C(=O)S/C(=C\c2ccc(Oc3ccc([N+](=O)[O-])cn3)c(OC)c2)C1=O. The largest absolute Gasteiger partial charge is 0.493 e. The Morgan fingerprint density at radius 3 is 2.72 bits per heavy atom. The highest BCUT2D eigenvalue weighted by Gasteiger charge is 2.34. The Balaban J connectivity index is 1.82. The lowest BCUT2D eigenvalue weighted by atomic mass is 10.2. The second-order valence-electron chi connectivity index (χ2n) is 5.60. The fourth-order valence-corrected chi connectivity index (χ4v) is 3.23. The van der Waals surface area contributed by atoms with Crippen molar-refractivity contribution in [2.75, 3.05) is 13.7 Å². The van der Waals surface area contributed by atoms with Gasteiger partial charge in [0.1, 0.15) is 6.20 Å². The Bertz CT molecular complexity index is 1060. The van der Waals surface area contributed by atoms with E-state index in [1.165, 1.54) is 19.2 Å². The Kier molecular flexibility index (Phi) is 5.80. The number of imide groups is 1. The summed E-state index contributed by atoms with van der Waals surface area (Å²) in [5, 5.41) is 10.3. The zero-order valence-electron chi connectivity index (χ0n) is 15.0. The van der Waals surface area contributed by atoms with E-state index >= 15 is 0 Å². The van der Waals surface area contributed by atoms with Gasteiger partial charge in [-0.3, -0.25) is 24.6 Å². The van der Waals surface area contributed by atoms with Crippen molar-refractivity contribution in [1.29, 1.82) is 0 Å². The van der Waals surface area contributed by atoms with Gasteiger partial charge in [0.15, 0.2) is 11.5 Å². The number of benzene rings is 1. The lowest BCUT2D eigenvalue weighted by Crippen LogP contribution is -2.28. The van der Waals surface area contributed by atoms with Gasteiger partial charge in [-0.25, -0.2) is 4.98 Å². The zero-order chi connectivity index (χ0) is 21.0. The predicted octanol–water partition coefficient (Wildman–Crippen LogP) is 3.46. The van der Waals surface area contributed by atoms with Gasteiger partial charge < -0.3 is 9.47 Å². The summed E-state index contributed by atoms with van der Waals surface area (Å²) in [6.45, 7) is -0.0830. The monoisotopic (exact) mass is 411 g/mol. The van der Waals surface area contributed by atoms with E-state index in [0.29, 0.717) is 17.1 Å². The van der Waals surface area contributed by atoms with Gasteiger partial charge in [0.2, 0.25) is 5.88 Å². The number of methoxy groups -OCH3 is 1. The first-order valence-electron chi connectivity index (χ1n) is 8.08. The molecule has 1 aromatic heterocycles. The summed E-state index contributed by atoms with van der Waals surface area (Å²) in [6, 6.07) is 7.52. The summed E-state index contributed by atoms with van der Waals surface area (Å²) >= 11 is 0.806. The normalized spacial score (nSPS) is 14.8. The number of aromatic nitrogens is 1. The third-order valence-corrected chi connectivity index (χ3v) is 4.66. The molecule has 1 aromatic carbocycles. The summed E-state index contributed by atoms with van der Waals surface area (Å²) in [4.78, 5) is 39.4. The highest BCUT2D eigenvalue weighted by molar-refractivity contribution is 8.18. The number of rotatable bonds is 6. The molecule has 3 rings (SSSR count). The second kappa shape index (κ2) is 8.45. The molecule has 0 saturated carbocycles. The van der Waals surface area contributed by atoms with E-state index in [-0.39, 0.29) is 23.0 Å². The molecule has 1 aliphatic rings. The molecule has 0 bridgehead atoms. The number of carbonyl (C=O) groups is 2. The molecule has 0 spiro atoms. The lowest BCUT2D eigenvalue weighted by molar-refractivity contribution is -0.385. The summed E-state index contributed by atoms with van der Waals surface area (Å²) in [5.41, 5.74) is 0.454. The van der Waals surface area contributed by atoms with Crippen LogP contribution in [0.2, 0.25) is 0 Å². The lowest BCUT2D eigenvalue weighted by Gasteiger charge is -2.10. The van der Waals surface area contributed by atoms with E-state index in [0.717, 1.165) is 22.9 Å². The average molecular weight is 411 g/mol. The number of hydrogen-bond acceptors (Lipinski definition) is 8. The van der Waals surface area contributed by atoms with Crippen LogP contribution in [0.15, 0.2) is 41.4 Å². The minimum atomic E-state index is -0.558. The fourth-order valence-electron chi connectivity index (χ4n) is 2.39. The number of pyridine rings is 1. The molecule has 0 aliphatic carbocycles. The van der Waals surface area contributed by atoms with Crippen LogP contribution in [0.25, 0.3) is 6.08 Å². The molecule has 1 aliphatic heterocycles. The Morgan fingerprint density at radius 2 is 2.10 bits per heavy atom. The van der Waals surface area contributed by atoms with Gasteiger partial charge in [-0.05, 0) is 35.5 Å². The molecule has 146 valence electrons. The van der Waals surface area contributed by atoms with E-state index < -0.39 is 16.1 Å². The first kappa shape index (κ1) is 19.9. The molecule has 2 heterocycles. The van der Waals surface area contributed by atoms with Crippen LogP contribution in [0.3, 0.4) is 0 Å². The summed E-state index contributed by atoms with van der Waals surface area (Å²) in [5.74, 6) is 2.65. The minimum absolute atomic E-state index is 0.0830. The maximum Gasteiger partial charge on any atom is 0.294 e. The molecule has 0 atom stereocenters. The highest BCUT2D eigenvalue weighted by atomic mass is 32.2. The van der Waals surface area contributed by atoms with Crippen molar-refractivity contribution in [3.05, 3.63) is 57.1 Å². The van der Waals surface area contributed by atoms with Gasteiger partial charge in [0.05, 0.1) is 23.5 Å². The maximum atomic E-state index is 12.3. The Hall–Kier alpha value is -3.84. The summed E-state index contributed by atoms with van der Waals surface area (Å²) in [6.07, 6.45) is 7.82. The third-order valence-electron chi connectivity index (χ3n) is 3.75. The van der Waals surface area contributed by atoms with Crippen LogP contribution in [0.5, 0.6) is 17.4 Å². The Morgan fingerprint density at radius 1 is 1.31 bits per heavy atom. The van der Waals surface area contributed by atoms with Gasteiger partial charge >= 0.3 is 0 Å². The van der Waals surface area contributed by atoms with Crippen LogP contribution < -0.4 is 9.47 Å². The molecule has 29 heavy (non-hydrogen) atoms. The molecule has 10 heteroatoms. The van der Waals surface area contributed by atoms with Crippen LogP contribution in [-0.4, -0.2) is 39.6 Å². The number of ether oxygens (including phenoxy) is 2. The second-order valence-corrected chi connectivity index (χ2v) is 6.59. The van der Waals surface area contributed by atoms with Gasteiger partial charge in [0.25, 0.3) is 16.8 Å². The highest BCUT2D eigenvalue weighted by Crippen LogP contribution is 2.35. The van der Waals surface area contributed by atoms with Crippen LogP contribution in [0, 0.1) is 22.5 Å². The van der Waals surface area contributed by atoms with Crippen molar-refractivity contribution < 1.29 is 24.0 Å². The molecule has 1 saturated heterocycles. The number of thioether (sulfide) groups is 1. The van der Waals surface area contributed by atoms with Crippen molar-refractivity contribution >= 4 is 34.7 Å². The quantitative estimate of drug-likeness (QED) is 0.307. The standard InChI is InChI=1S/C19H13N3O6S/c1-3-8-21-18(23)16(29-19(21)24)10-12-4-6-14(15(9-12)27-2)28-17-7-5-13(11-20-17)22(25)26/h1,4-7,9-11H,8H2,2H3/b16-10-. The molecule has 2 aromatic rings. The molecular formula is C19H13N3O6S. The van der Waals surface area contributed by atoms with Gasteiger partial charge in [-0.1, -0.05) is 12.0 Å². The van der Waals surface area contributed by atoms with Crippen molar-refractivity contribution in [3.8, 4) is 29.7 Å². The topological polar surface area (TPSA) is 112 Å². The van der Waals surface area contributed by atoms with Crippen LogP contribution in [0.4, 0.5) is 10.5 Å². The van der Waals surface area contributed by atoms with Gasteiger partial charge in [-0.15, -0.1) is 6.42 Å². The van der Waals surface area contributed by atoms with Crippen molar-refractivity contribution in [2.45, 2.75) is 0 Å². The van der Waals surface area contributed by atoms with Crippen LogP contribution in [-0.2, 0) is 4.79 Å². The number of hydrogen-bond donors (Lipinski definition) is 0. The molecule has 9 nitrogen and oxygen atoms in total. The molecular weight excluding hydrogens is 398 g/mol. The maximum absolute atomic E-state index is 12.3. The smallest absolute Gasteiger partial charge is 0.294 e. The van der Waals surface area contributed by atoms with E-state index in [9.17, 15) is 19.7 Å². The number of nitro groups is 1. The Labute approximate surface area is 169 Å². The zero-order valence-corrected chi connectivity index (χ0v) is 15.8. The van der Waals surface area contributed by atoms with Crippen LogP contribution >= 0.6 is 11.8 Å². The number of carbonyl (C=O) groups excluding carboxylic acids is 2. The number of nitrogens with zero attached hydrogens (tertiary/aromatic N) is 3. The summed E-state index contributed by atoms with van der Waals surface area (Å²) in [7, 11) is 1.44.